The molecule has 134 valence electrons. The number of piperidine rings is 1. The molecule has 0 amide bonds. The van der Waals surface area contributed by atoms with Crippen molar-refractivity contribution in [3.8, 4) is 5.75 Å². The molecule has 0 radical (unpaired) electrons. The van der Waals surface area contributed by atoms with Crippen LogP contribution in [-0.4, -0.2) is 36.1 Å². The van der Waals surface area contributed by atoms with Gasteiger partial charge in [-0.2, -0.15) is 0 Å². The summed E-state index contributed by atoms with van der Waals surface area (Å²) in [5, 5.41) is 1.26. The molecule has 0 spiro atoms. The number of nitrogens with zero attached hydrogens (tertiary/aromatic N) is 2. The third-order valence-electron chi connectivity index (χ3n) is 6.64. The predicted octanol–water partition coefficient (Wildman–Crippen LogP) is 4.71. The summed E-state index contributed by atoms with van der Waals surface area (Å²) < 4.78 is 5.49. The lowest BCUT2D eigenvalue weighted by atomic mass is 9.74. The lowest BCUT2D eigenvalue weighted by Gasteiger charge is -2.33. The fraction of sp³-hybridized carbons (Fsp3) is 0.591. The van der Waals surface area contributed by atoms with E-state index in [9.17, 15) is 0 Å². The number of pyridine rings is 1. The van der Waals surface area contributed by atoms with Crippen LogP contribution in [0.2, 0.25) is 0 Å². The van der Waals surface area contributed by atoms with Gasteiger partial charge in [0.15, 0.2) is 0 Å². The molecule has 5 unspecified atom stereocenters. The maximum Gasteiger partial charge on any atom is 0.119 e. The molecule has 1 aromatic heterocycles. The lowest BCUT2D eigenvalue weighted by Crippen LogP contribution is -2.34. The quantitative estimate of drug-likeness (QED) is 0.789. The van der Waals surface area contributed by atoms with Crippen LogP contribution in [0.4, 0.5) is 0 Å². The normalized spacial score (nSPS) is 29.5. The second kappa shape index (κ2) is 6.60. The van der Waals surface area contributed by atoms with Gasteiger partial charge in [0.25, 0.3) is 0 Å². The molecular formula is C22H30N2O. The molecule has 25 heavy (non-hydrogen) atoms. The van der Waals surface area contributed by atoms with Crippen LogP contribution in [0.25, 0.3) is 10.9 Å². The van der Waals surface area contributed by atoms with Gasteiger partial charge in [-0.25, -0.2) is 0 Å². The summed E-state index contributed by atoms with van der Waals surface area (Å²) in [5.41, 5.74) is 2.54. The molecule has 4 rings (SSSR count). The van der Waals surface area contributed by atoms with Crippen molar-refractivity contribution in [2.24, 2.45) is 17.8 Å². The maximum atomic E-state index is 5.49. The molecule has 3 nitrogen and oxygen atoms in total. The van der Waals surface area contributed by atoms with Crippen LogP contribution in [0, 0.1) is 17.8 Å². The molecule has 2 saturated heterocycles. The summed E-state index contributed by atoms with van der Waals surface area (Å²) in [7, 11) is 1.74. The minimum Gasteiger partial charge on any atom is -0.497 e. The standard InChI is InChI=1S/C22H30N2O/c1-5-15-13-24-11-9-17(15)22(24)21(14(2)3)18-8-10-23-20-7-6-16(25-4)12-19(18)20/h6-8,10,12,14-15,17,21-22H,5,9,11,13H2,1-4H3. The summed E-state index contributed by atoms with van der Waals surface area (Å²) in [4.78, 5) is 7.38. The zero-order valence-corrected chi connectivity index (χ0v) is 15.9. The van der Waals surface area contributed by atoms with Crippen molar-refractivity contribution >= 4 is 10.9 Å². The number of hydrogen-bond acceptors (Lipinski definition) is 3. The Hall–Kier alpha value is -1.61. The zero-order valence-electron chi connectivity index (χ0n) is 15.9. The van der Waals surface area contributed by atoms with Crippen LogP contribution in [0.1, 0.15) is 45.1 Å². The fourth-order valence-corrected chi connectivity index (χ4v) is 5.50. The van der Waals surface area contributed by atoms with Crippen molar-refractivity contribution in [1.29, 1.82) is 0 Å². The molecular weight excluding hydrogens is 308 g/mol. The predicted molar refractivity (Wildman–Crippen MR) is 103 cm³/mol. The number of benzene rings is 1. The third-order valence-corrected chi connectivity index (χ3v) is 6.64. The Morgan fingerprint density at radius 2 is 2.12 bits per heavy atom. The van der Waals surface area contributed by atoms with Crippen LogP contribution in [-0.2, 0) is 0 Å². The molecule has 1 aromatic carbocycles. The van der Waals surface area contributed by atoms with Crippen LogP contribution < -0.4 is 4.74 Å². The molecule has 2 aromatic rings. The highest BCUT2D eigenvalue weighted by molar-refractivity contribution is 5.84. The van der Waals surface area contributed by atoms with E-state index in [1.54, 1.807) is 7.11 Å². The highest BCUT2D eigenvalue weighted by Crippen LogP contribution is 2.49. The SMILES string of the molecule is CCC1CN2CCC1C2C(c1ccnc2ccc(OC)cc12)C(C)C. The molecule has 2 bridgehead atoms. The van der Waals surface area contributed by atoms with Crippen molar-refractivity contribution in [1.82, 2.24) is 9.88 Å². The van der Waals surface area contributed by atoms with E-state index in [1.807, 2.05) is 12.3 Å². The number of ether oxygens (including phenoxy) is 1. The van der Waals surface area contributed by atoms with E-state index in [2.05, 4.69) is 48.9 Å². The fourth-order valence-electron chi connectivity index (χ4n) is 5.50. The van der Waals surface area contributed by atoms with Gasteiger partial charge in [0, 0.05) is 30.1 Å². The highest BCUT2D eigenvalue weighted by Gasteiger charge is 2.49. The van der Waals surface area contributed by atoms with E-state index < -0.39 is 0 Å². The van der Waals surface area contributed by atoms with Gasteiger partial charge < -0.3 is 4.74 Å². The average Bonchev–Trinajstić information content (AvgIpc) is 3.19. The Morgan fingerprint density at radius 1 is 1.28 bits per heavy atom. The molecule has 2 aliphatic heterocycles. The number of fused-ring (bicyclic) bond motifs is 3. The zero-order chi connectivity index (χ0) is 17.6. The average molecular weight is 338 g/mol. The largest absolute Gasteiger partial charge is 0.497 e. The summed E-state index contributed by atoms with van der Waals surface area (Å²) in [6.45, 7) is 9.71. The molecule has 2 fully saturated rings. The lowest BCUT2D eigenvalue weighted by molar-refractivity contribution is 0.233. The minimum absolute atomic E-state index is 0.557. The summed E-state index contributed by atoms with van der Waals surface area (Å²) >= 11 is 0. The van der Waals surface area contributed by atoms with Gasteiger partial charge in [-0.05, 0) is 60.5 Å². The molecule has 5 atom stereocenters. The molecule has 2 aliphatic rings. The Kier molecular flexibility index (Phi) is 4.45. The first-order valence-electron chi connectivity index (χ1n) is 9.80. The van der Waals surface area contributed by atoms with Crippen molar-refractivity contribution in [2.75, 3.05) is 20.2 Å². The summed E-state index contributed by atoms with van der Waals surface area (Å²) in [6.07, 6.45) is 4.68. The van der Waals surface area contributed by atoms with Gasteiger partial charge in [-0.15, -0.1) is 0 Å². The Labute approximate surface area is 151 Å². The van der Waals surface area contributed by atoms with Gasteiger partial charge in [-0.3, -0.25) is 9.88 Å². The second-order valence-corrected chi connectivity index (χ2v) is 8.16. The molecule has 3 heterocycles. The molecule has 0 saturated carbocycles. The number of methoxy groups -OCH3 is 1. The van der Waals surface area contributed by atoms with Crippen molar-refractivity contribution in [3.05, 3.63) is 36.0 Å². The van der Waals surface area contributed by atoms with Crippen LogP contribution in [0.15, 0.2) is 30.5 Å². The van der Waals surface area contributed by atoms with E-state index in [-0.39, 0.29) is 0 Å². The maximum absolute atomic E-state index is 5.49. The first-order chi connectivity index (χ1) is 12.1. The van der Waals surface area contributed by atoms with Gasteiger partial charge in [0.1, 0.15) is 5.75 Å². The van der Waals surface area contributed by atoms with E-state index >= 15 is 0 Å². The summed E-state index contributed by atoms with van der Waals surface area (Å²) in [5.74, 6) is 3.82. The summed E-state index contributed by atoms with van der Waals surface area (Å²) in [6, 6.07) is 9.22. The van der Waals surface area contributed by atoms with E-state index in [1.165, 1.54) is 36.9 Å². The topological polar surface area (TPSA) is 25.4 Å². The van der Waals surface area contributed by atoms with Gasteiger partial charge in [-0.1, -0.05) is 27.2 Å². The van der Waals surface area contributed by atoms with Crippen LogP contribution >= 0.6 is 0 Å². The number of aromatic nitrogens is 1. The highest BCUT2D eigenvalue weighted by atomic mass is 16.5. The smallest absolute Gasteiger partial charge is 0.119 e. The first kappa shape index (κ1) is 16.8. The van der Waals surface area contributed by atoms with Crippen molar-refractivity contribution in [2.45, 2.75) is 45.6 Å². The van der Waals surface area contributed by atoms with E-state index in [0.29, 0.717) is 17.9 Å². The Morgan fingerprint density at radius 3 is 2.80 bits per heavy atom. The first-order valence-corrected chi connectivity index (χ1v) is 9.80. The van der Waals surface area contributed by atoms with Crippen LogP contribution in [0.5, 0.6) is 5.75 Å². The monoisotopic (exact) mass is 338 g/mol. The van der Waals surface area contributed by atoms with Crippen molar-refractivity contribution < 1.29 is 4.74 Å². The Bertz CT molecular complexity index is 757. The van der Waals surface area contributed by atoms with Gasteiger partial charge >= 0.3 is 0 Å². The molecule has 0 N–H and O–H groups in total. The van der Waals surface area contributed by atoms with Gasteiger partial charge in [0.2, 0.25) is 0 Å². The number of hydrogen-bond donors (Lipinski definition) is 0. The minimum atomic E-state index is 0.557. The van der Waals surface area contributed by atoms with Gasteiger partial charge in [0.05, 0.1) is 12.6 Å². The molecule has 3 heteroatoms. The van der Waals surface area contributed by atoms with Crippen molar-refractivity contribution in [3.63, 3.8) is 0 Å². The Balaban J connectivity index is 1.81. The molecule has 0 aliphatic carbocycles. The van der Waals surface area contributed by atoms with E-state index in [0.717, 1.165) is 23.1 Å². The third kappa shape index (κ3) is 2.73. The van der Waals surface area contributed by atoms with E-state index in [4.69, 9.17) is 4.74 Å². The van der Waals surface area contributed by atoms with Crippen LogP contribution in [0.3, 0.4) is 0 Å². The second-order valence-electron chi connectivity index (χ2n) is 8.16. The number of rotatable bonds is 5.